The van der Waals surface area contributed by atoms with Crippen LogP contribution < -0.4 is 5.32 Å². The lowest BCUT2D eigenvalue weighted by molar-refractivity contribution is 0.173. The molecule has 1 aliphatic heterocycles. The molecule has 4 rings (SSSR count). The summed E-state index contributed by atoms with van der Waals surface area (Å²) < 4.78 is 5.61. The fourth-order valence-electron chi connectivity index (χ4n) is 3.77. The van der Waals surface area contributed by atoms with E-state index in [2.05, 4.69) is 37.2 Å². The molecule has 22 heavy (non-hydrogen) atoms. The summed E-state index contributed by atoms with van der Waals surface area (Å²) >= 11 is 1.76. The number of hydrogen-bond acceptors (Lipinski definition) is 6. The van der Waals surface area contributed by atoms with E-state index in [1.165, 1.54) is 24.8 Å². The summed E-state index contributed by atoms with van der Waals surface area (Å²) in [5, 5.41) is 16.0. The molecule has 1 spiro atoms. The molecule has 0 bridgehead atoms. The van der Waals surface area contributed by atoms with Gasteiger partial charge in [0, 0.05) is 19.5 Å². The van der Waals surface area contributed by atoms with Crippen molar-refractivity contribution in [2.75, 3.05) is 13.1 Å². The maximum Gasteiger partial charge on any atom is 0.230 e. The molecule has 1 atom stereocenters. The van der Waals surface area contributed by atoms with Crippen LogP contribution in [0.15, 0.2) is 21.2 Å². The van der Waals surface area contributed by atoms with Gasteiger partial charge in [-0.25, -0.2) is 0 Å². The summed E-state index contributed by atoms with van der Waals surface area (Å²) in [6.45, 7) is 5.90. The quantitative estimate of drug-likeness (QED) is 0.918. The van der Waals surface area contributed by atoms with Gasteiger partial charge in [0.05, 0.1) is 6.54 Å². The highest BCUT2D eigenvalue weighted by molar-refractivity contribution is 7.07. The second kappa shape index (κ2) is 5.76. The van der Waals surface area contributed by atoms with Crippen LogP contribution >= 0.6 is 11.3 Å². The molecule has 2 aromatic heterocycles. The third-order valence-electron chi connectivity index (χ3n) is 5.06. The van der Waals surface area contributed by atoms with E-state index >= 15 is 0 Å². The minimum atomic E-state index is 0.524. The second-order valence-corrected chi connectivity index (χ2v) is 7.36. The van der Waals surface area contributed by atoms with Crippen LogP contribution in [0, 0.1) is 12.3 Å². The van der Waals surface area contributed by atoms with Gasteiger partial charge in [-0.1, -0.05) is 0 Å². The van der Waals surface area contributed by atoms with Crippen molar-refractivity contribution in [3.63, 3.8) is 0 Å². The van der Waals surface area contributed by atoms with Gasteiger partial charge in [0.15, 0.2) is 0 Å². The Morgan fingerprint density at radius 1 is 1.36 bits per heavy atom. The van der Waals surface area contributed by atoms with Gasteiger partial charge in [0.2, 0.25) is 11.8 Å². The molecule has 1 aliphatic carbocycles. The molecule has 0 aromatic carbocycles. The summed E-state index contributed by atoms with van der Waals surface area (Å²) in [5.74, 6) is 1.39. The second-order valence-electron chi connectivity index (χ2n) is 6.58. The Labute approximate surface area is 134 Å². The highest BCUT2D eigenvalue weighted by atomic mass is 32.1. The lowest BCUT2D eigenvalue weighted by atomic mass is 9.93. The topological polar surface area (TPSA) is 54.2 Å². The number of piperidine rings is 1. The Kier molecular flexibility index (Phi) is 3.76. The van der Waals surface area contributed by atoms with Crippen LogP contribution in [-0.2, 0) is 13.1 Å². The summed E-state index contributed by atoms with van der Waals surface area (Å²) in [7, 11) is 0. The Morgan fingerprint density at radius 3 is 2.91 bits per heavy atom. The predicted octanol–water partition coefficient (Wildman–Crippen LogP) is 2.58. The first-order chi connectivity index (χ1) is 10.8. The van der Waals surface area contributed by atoms with E-state index in [1.54, 1.807) is 11.3 Å². The normalized spacial score (nSPS) is 23.3. The van der Waals surface area contributed by atoms with E-state index in [0.717, 1.165) is 32.1 Å². The molecular formula is C16H22N4OS. The molecule has 6 heteroatoms. The molecule has 0 radical (unpaired) electrons. The van der Waals surface area contributed by atoms with Crippen LogP contribution in [0.3, 0.4) is 0 Å². The predicted molar refractivity (Wildman–Crippen MR) is 85.5 cm³/mol. The third-order valence-corrected chi connectivity index (χ3v) is 5.79. The smallest absolute Gasteiger partial charge is 0.230 e. The fraction of sp³-hybridized carbons (Fsp3) is 0.625. The first-order valence-corrected chi connectivity index (χ1v) is 8.94. The van der Waals surface area contributed by atoms with Crippen LogP contribution in [0.4, 0.5) is 0 Å². The van der Waals surface area contributed by atoms with Crippen molar-refractivity contribution < 1.29 is 4.42 Å². The molecule has 2 aliphatic rings. The monoisotopic (exact) mass is 318 g/mol. The first kappa shape index (κ1) is 14.4. The van der Waals surface area contributed by atoms with E-state index < -0.39 is 0 Å². The zero-order valence-electron chi connectivity index (χ0n) is 12.9. The Balaban J connectivity index is 1.50. The zero-order chi connectivity index (χ0) is 15.0. The Hall–Kier alpha value is -1.24. The van der Waals surface area contributed by atoms with E-state index in [-0.39, 0.29) is 0 Å². The van der Waals surface area contributed by atoms with E-state index in [1.807, 2.05) is 6.92 Å². The summed E-state index contributed by atoms with van der Waals surface area (Å²) in [6.07, 6.45) is 3.90. The van der Waals surface area contributed by atoms with E-state index in [0.29, 0.717) is 17.3 Å². The summed E-state index contributed by atoms with van der Waals surface area (Å²) in [5.41, 5.74) is 1.91. The van der Waals surface area contributed by atoms with Crippen molar-refractivity contribution in [3.05, 3.63) is 34.2 Å². The molecule has 1 N–H and O–H groups in total. The van der Waals surface area contributed by atoms with Crippen molar-refractivity contribution in [1.29, 1.82) is 0 Å². The zero-order valence-corrected chi connectivity index (χ0v) is 13.7. The molecule has 2 aromatic rings. The van der Waals surface area contributed by atoms with Gasteiger partial charge in [-0.05, 0) is 60.2 Å². The SMILES string of the molecule is Cc1nnc(CN(Cc2ccsc2)C2CC23CCNCC3)o1. The number of nitrogens with zero attached hydrogens (tertiary/aromatic N) is 3. The van der Waals surface area contributed by atoms with Gasteiger partial charge in [-0.2, -0.15) is 11.3 Å². The molecule has 3 heterocycles. The number of aromatic nitrogens is 2. The number of aryl methyl sites for hydroxylation is 1. The van der Waals surface area contributed by atoms with Gasteiger partial charge in [-0.3, -0.25) is 4.90 Å². The van der Waals surface area contributed by atoms with Crippen molar-refractivity contribution in [2.45, 2.75) is 45.3 Å². The maximum absolute atomic E-state index is 5.61. The average molecular weight is 318 g/mol. The van der Waals surface area contributed by atoms with Crippen molar-refractivity contribution in [3.8, 4) is 0 Å². The van der Waals surface area contributed by atoms with Gasteiger partial charge in [0.1, 0.15) is 0 Å². The largest absolute Gasteiger partial charge is 0.424 e. The van der Waals surface area contributed by atoms with Crippen LogP contribution in [0.1, 0.15) is 36.6 Å². The Morgan fingerprint density at radius 2 is 2.23 bits per heavy atom. The van der Waals surface area contributed by atoms with Crippen LogP contribution in [0.25, 0.3) is 0 Å². The number of thiophene rings is 1. The van der Waals surface area contributed by atoms with Gasteiger partial charge < -0.3 is 9.73 Å². The first-order valence-electron chi connectivity index (χ1n) is 8.00. The van der Waals surface area contributed by atoms with Crippen molar-refractivity contribution >= 4 is 11.3 Å². The maximum atomic E-state index is 5.61. The van der Waals surface area contributed by atoms with E-state index in [9.17, 15) is 0 Å². The summed E-state index contributed by atoms with van der Waals surface area (Å²) in [4.78, 5) is 2.54. The van der Waals surface area contributed by atoms with Gasteiger partial charge in [0.25, 0.3) is 0 Å². The minimum Gasteiger partial charge on any atom is -0.424 e. The molecule has 1 unspecified atom stereocenters. The summed E-state index contributed by atoms with van der Waals surface area (Å²) in [6, 6.07) is 2.87. The third kappa shape index (κ3) is 2.83. The molecule has 5 nitrogen and oxygen atoms in total. The highest BCUT2D eigenvalue weighted by Crippen LogP contribution is 2.56. The van der Waals surface area contributed by atoms with Crippen molar-refractivity contribution in [1.82, 2.24) is 20.4 Å². The van der Waals surface area contributed by atoms with E-state index in [4.69, 9.17) is 4.42 Å². The number of hydrogen-bond donors (Lipinski definition) is 1. The van der Waals surface area contributed by atoms with Crippen LogP contribution in [0.5, 0.6) is 0 Å². The molecular weight excluding hydrogens is 296 g/mol. The molecule has 0 amide bonds. The molecule has 1 saturated heterocycles. The fourth-order valence-corrected chi connectivity index (χ4v) is 4.43. The minimum absolute atomic E-state index is 0.524. The van der Waals surface area contributed by atoms with Gasteiger partial charge >= 0.3 is 0 Å². The lowest BCUT2D eigenvalue weighted by Gasteiger charge is -2.28. The van der Waals surface area contributed by atoms with Crippen molar-refractivity contribution in [2.24, 2.45) is 5.41 Å². The van der Waals surface area contributed by atoms with Crippen LogP contribution in [0.2, 0.25) is 0 Å². The average Bonchev–Trinajstić information content (AvgIpc) is 2.90. The standard InChI is InChI=1S/C16H22N4OS/c1-12-18-19-15(21-12)10-20(9-13-2-7-22-11-13)14-8-16(14)3-5-17-6-4-16/h2,7,11,14,17H,3-6,8-10H2,1H3. The lowest BCUT2D eigenvalue weighted by Crippen LogP contribution is -2.35. The molecule has 1 saturated carbocycles. The van der Waals surface area contributed by atoms with Crippen LogP contribution in [-0.4, -0.2) is 34.2 Å². The highest BCUT2D eigenvalue weighted by Gasteiger charge is 2.56. The molecule has 118 valence electrons. The number of nitrogens with one attached hydrogen (secondary N) is 1. The molecule has 2 fully saturated rings. The number of rotatable bonds is 5. The van der Waals surface area contributed by atoms with Gasteiger partial charge in [-0.15, -0.1) is 10.2 Å². The Bertz CT molecular complexity index is 618.